The standard InChI is InChI=1S/C20H28F6O5/c1-3-6-13-14(11-30-17-7-4-5-10-29-17)15(8-9-16(13)31-12-28-2)18(27,19(21,22)23)20(24,25)26/h8,16-17,27H,3-7,9-12H2,1-2H3. The fourth-order valence-corrected chi connectivity index (χ4v) is 3.78. The fourth-order valence-electron chi connectivity index (χ4n) is 3.78. The summed E-state index contributed by atoms with van der Waals surface area (Å²) >= 11 is 0. The van der Waals surface area contributed by atoms with Crippen molar-refractivity contribution in [3.05, 3.63) is 22.8 Å². The topological polar surface area (TPSA) is 57.2 Å². The van der Waals surface area contributed by atoms with E-state index in [1.54, 1.807) is 6.92 Å². The molecule has 2 atom stereocenters. The van der Waals surface area contributed by atoms with Crippen molar-refractivity contribution < 1.29 is 50.4 Å². The van der Waals surface area contributed by atoms with Gasteiger partial charge in [-0.05, 0) is 43.3 Å². The van der Waals surface area contributed by atoms with Gasteiger partial charge < -0.3 is 24.1 Å². The van der Waals surface area contributed by atoms with Gasteiger partial charge in [-0.2, -0.15) is 26.3 Å². The van der Waals surface area contributed by atoms with Crippen LogP contribution in [0, 0.1) is 0 Å². The monoisotopic (exact) mass is 462 g/mol. The number of ether oxygens (including phenoxy) is 4. The zero-order valence-corrected chi connectivity index (χ0v) is 17.4. The van der Waals surface area contributed by atoms with Gasteiger partial charge in [-0.3, -0.25) is 0 Å². The van der Waals surface area contributed by atoms with Gasteiger partial charge in [0.25, 0.3) is 5.60 Å². The number of rotatable bonds is 9. The number of halogens is 6. The molecule has 1 saturated heterocycles. The molecule has 1 N–H and O–H groups in total. The van der Waals surface area contributed by atoms with Crippen LogP contribution in [-0.4, -0.2) is 62.6 Å². The van der Waals surface area contributed by atoms with E-state index >= 15 is 0 Å². The van der Waals surface area contributed by atoms with E-state index in [0.29, 0.717) is 19.4 Å². The van der Waals surface area contributed by atoms with Gasteiger partial charge in [0.1, 0.15) is 6.79 Å². The summed E-state index contributed by atoms with van der Waals surface area (Å²) < 4.78 is 103. The summed E-state index contributed by atoms with van der Waals surface area (Å²) in [4.78, 5) is 0. The van der Waals surface area contributed by atoms with Gasteiger partial charge >= 0.3 is 12.4 Å². The molecule has 1 aliphatic heterocycles. The van der Waals surface area contributed by atoms with Crippen LogP contribution < -0.4 is 0 Å². The molecule has 0 amide bonds. The Balaban J connectivity index is 2.51. The molecule has 180 valence electrons. The molecule has 1 aliphatic carbocycles. The van der Waals surface area contributed by atoms with Crippen LogP contribution >= 0.6 is 0 Å². The predicted molar refractivity (Wildman–Crippen MR) is 98.0 cm³/mol. The third kappa shape index (κ3) is 5.81. The highest BCUT2D eigenvalue weighted by molar-refractivity contribution is 5.48. The van der Waals surface area contributed by atoms with Gasteiger partial charge in [-0.25, -0.2) is 0 Å². The van der Waals surface area contributed by atoms with Crippen LogP contribution in [0.1, 0.15) is 45.4 Å². The van der Waals surface area contributed by atoms with Gasteiger partial charge in [-0.1, -0.05) is 19.4 Å². The highest BCUT2D eigenvalue weighted by atomic mass is 19.4. The molecule has 5 nitrogen and oxygen atoms in total. The van der Waals surface area contributed by atoms with E-state index in [1.165, 1.54) is 7.11 Å². The van der Waals surface area contributed by atoms with Crippen LogP contribution in [0.3, 0.4) is 0 Å². The summed E-state index contributed by atoms with van der Waals surface area (Å²) in [7, 11) is 1.35. The van der Waals surface area contributed by atoms with Crippen molar-refractivity contribution >= 4 is 0 Å². The van der Waals surface area contributed by atoms with Gasteiger partial charge in [0.15, 0.2) is 6.29 Å². The molecule has 1 heterocycles. The molecule has 0 aromatic carbocycles. The van der Waals surface area contributed by atoms with E-state index in [0.717, 1.165) is 18.9 Å². The number of hydrogen-bond acceptors (Lipinski definition) is 5. The summed E-state index contributed by atoms with van der Waals surface area (Å²) in [6, 6.07) is 0. The van der Waals surface area contributed by atoms with E-state index in [9.17, 15) is 31.4 Å². The molecule has 0 aromatic rings. The molecule has 1 fully saturated rings. The van der Waals surface area contributed by atoms with Crippen molar-refractivity contribution in [1.82, 2.24) is 0 Å². The molecule has 0 saturated carbocycles. The first-order valence-electron chi connectivity index (χ1n) is 10.1. The lowest BCUT2D eigenvalue weighted by Crippen LogP contribution is -2.59. The van der Waals surface area contributed by atoms with Crippen LogP contribution in [0.5, 0.6) is 0 Å². The maximum atomic E-state index is 13.6. The minimum absolute atomic E-state index is 0.168. The summed E-state index contributed by atoms with van der Waals surface area (Å²) in [5, 5.41) is 10.1. The predicted octanol–water partition coefficient (Wildman–Crippen LogP) is 4.80. The molecular formula is C20H28F6O5. The zero-order valence-electron chi connectivity index (χ0n) is 17.4. The van der Waals surface area contributed by atoms with Gasteiger partial charge in [0.05, 0.1) is 12.7 Å². The average Bonchev–Trinajstić information content (AvgIpc) is 2.70. The quantitative estimate of drug-likeness (QED) is 0.394. The summed E-state index contributed by atoms with van der Waals surface area (Å²) in [5.74, 6) is 0. The summed E-state index contributed by atoms with van der Waals surface area (Å²) in [6.07, 6.45) is -10.4. The second kappa shape index (κ2) is 10.7. The average molecular weight is 462 g/mol. The highest BCUT2D eigenvalue weighted by Gasteiger charge is 2.73. The Morgan fingerprint density at radius 1 is 1.10 bits per heavy atom. The van der Waals surface area contributed by atoms with E-state index in [1.807, 2.05) is 0 Å². The van der Waals surface area contributed by atoms with Crippen LogP contribution in [0.2, 0.25) is 0 Å². The molecule has 2 rings (SSSR count). The van der Waals surface area contributed by atoms with Crippen molar-refractivity contribution in [1.29, 1.82) is 0 Å². The van der Waals surface area contributed by atoms with Crippen LogP contribution in [0.4, 0.5) is 26.3 Å². The first-order valence-corrected chi connectivity index (χ1v) is 10.1. The van der Waals surface area contributed by atoms with E-state index < -0.39 is 42.5 Å². The Morgan fingerprint density at radius 3 is 2.29 bits per heavy atom. The molecule has 11 heteroatoms. The molecule has 0 spiro atoms. The van der Waals surface area contributed by atoms with Crippen molar-refractivity contribution in [2.24, 2.45) is 0 Å². The Morgan fingerprint density at radius 2 is 1.77 bits per heavy atom. The van der Waals surface area contributed by atoms with Crippen molar-refractivity contribution in [2.45, 2.75) is 75.8 Å². The number of methoxy groups -OCH3 is 1. The third-order valence-electron chi connectivity index (χ3n) is 5.31. The van der Waals surface area contributed by atoms with Crippen LogP contribution in [0.15, 0.2) is 22.8 Å². The Hall–Kier alpha value is -1.14. The van der Waals surface area contributed by atoms with Crippen LogP contribution in [-0.2, 0) is 18.9 Å². The minimum Gasteiger partial charge on any atom is -0.369 e. The number of hydrogen-bond donors (Lipinski definition) is 1. The smallest absolute Gasteiger partial charge is 0.369 e. The minimum atomic E-state index is -5.98. The second-order valence-corrected chi connectivity index (χ2v) is 7.48. The molecule has 31 heavy (non-hydrogen) atoms. The van der Waals surface area contributed by atoms with Gasteiger partial charge in [-0.15, -0.1) is 0 Å². The van der Waals surface area contributed by atoms with Crippen molar-refractivity contribution in [3.8, 4) is 0 Å². The third-order valence-corrected chi connectivity index (χ3v) is 5.31. The lowest BCUT2D eigenvalue weighted by Gasteiger charge is -2.39. The Labute approximate surface area is 177 Å². The molecule has 0 aromatic heterocycles. The van der Waals surface area contributed by atoms with E-state index in [4.69, 9.17) is 18.9 Å². The summed E-state index contributed by atoms with van der Waals surface area (Å²) in [6.45, 7) is 1.36. The number of aliphatic hydroxyl groups is 1. The SMILES string of the molecule is CCCC1=C(COC2CCCCO2)C(C(O)(C(F)(F)F)C(F)(F)F)=CCC1OCOC. The maximum Gasteiger partial charge on any atom is 0.430 e. The van der Waals surface area contributed by atoms with E-state index in [2.05, 4.69) is 0 Å². The normalized spacial score (nSPS) is 23.8. The first kappa shape index (κ1) is 26.1. The maximum absolute atomic E-state index is 13.6. The van der Waals surface area contributed by atoms with E-state index in [-0.39, 0.29) is 30.8 Å². The lowest BCUT2D eigenvalue weighted by atomic mass is 9.78. The van der Waals surface area contributed by atoms with Crippen molar-refractivity contribution in [2.75, 3.05) is 27.1 Å². The fraction of sp³-hybridized carbons (Fsp3) is 0.800. The Kier molecular flexibility index (Phi) is 8.97. The van der Waals surface area contributed by atoms with Crippen molar-refractivity contribution in [3.63, 3.8) is 0 Å². The van der Waals surface area contributed by atoms with Gasteiger partial charge in [0, 0.05) is 19.3 Å². The Bertz CT molecular complexity index is 635. The molecule has 2 aliphatic rings. The second-order valence-electron chi connectivity index (χ2n) is 7.48. The molecule has 0 bridgehead atoms. The molecular weight excluding hydrogens is 434 g/mol. The first-order chi connectivity index (χ1) is 14.5. The lowest BCUT2D eigenvalue weighted by molar-refractivity contribution is -0.351. The number of alkyl halides is 6. The summed E-state index contributed by atoms with van der Waals surface area (Å²) in [5.41, 5.74) is -6.43. The molecule has 2 unspecified atom stereocenters. The largest absolute Gasteiger partial charge is 0.430 e. The highest BCUT2D eigenvalue weighted by Crippen LogP contribution is 2.51. The van der Waals surface area contributed by atoms with Crippen LogP contribution in [0.25, 0.3) is 0 Å². The molecule has 0 radical (unpaired) electrons. The zero-order chi connectivity index (χ0) is 23.3. The van der Waals surface area contributed by atoms with Gasteiger partial charge in [0.2, 0.25) is 0 Å².